The van der Waals surface area contributed by atoms with Gasteiger partial charge in [-0.05, 0) is 0 Å². The zero-order chi connectivity index (χ0) is 14.8. The molecule has 0 fully saturated rings. The van der Waals surface area contributed by atoms with Gasteiger partial charge in [0.05, 0.1) is 0 Å². The molecule has 1 aromatic carbocycles. The second-order valence-corrected chi connectivity index (χ2v) is 6.86. The van der Waals surface area contributed by atoms with Crippen LogP contribution in [0.5, 0.6) is 0 Å². The molecule has 0 N–H and O–H groups in total. The van der Waals surface area contributed by atoms with Crippen molar-refractivity contribution in [2.45, 2.75) is 40.0 Å². The molecule has 0 atom stereocenters. The van der Waals surface area contributed by atoms with Crippen molar-refractivity contribution in [3.05, 3.63) is 46.1 Å². The van der Waals surface area contributed by atoms with Crippen LogP contribution >= 0.6 is 0 Å². The van der Waals surface area contributed by atoms with Crippen molar-refractivity contribution in [3.63, 3.8) is 0 Å². The fraction of sp³-hybridized carbons (Fsp3) is 0.412. The fourth-order valence-corrected chi connectivity index (χ4v) is 3.76. The van der Waals surface area contributed by atoms with E-state index >= 15 is 0 Å². The number of carbonyl (C=O) groups excluding carboxylic acids is 1. The summed E-state index contributed by atoms with van der Waals surface area (Å²) in [6.07, 6.45) is 3.28. The van der Waals surface area contributed by atoms with Crippen molar-refractivity contribution >= 4 is 25.4 Å². The van der Waals surface area contributed by atoms with E-state index < -0.39 is 0 Å². The molecule has 0 aliphatic heterocycles. The van der Waals surface area contributed by atoms with Gasteiger partial charge in [0.15, 0.2) is 0 Å². The number of rotatable bonds is 7. The summed E-state index contributed by atoms with van der Waals surface area (Å²) in [7, 11) is 0. The van der Waals surface area contributed by atoms with Crippen molar-refractivity contribution < 1.29 is 9.53 Å². The first-order valence-corrected chi connectivity index (χ1v) is 8.75. The minimum atomic E-state index is -0.259. The second kappa shape index (κ2) is 9.60. The molecule has 3 heteroatoms. The number of unbranched alkanes of at least 4 members (excludes halogenated alkanes) is 1. The van der Waals surface area contributed by atoms with Crippen molar-refractivity contribution in [1.29, 1.82) is 0 Å². The summed E-state index contributed by atoms with van der Waals surface area (Å²) in [5.41, 5.74) is 3.85. The van der Waals surface area contributed by atoms with Crippen LogP contribution in [-0.2, 0) is 9.53 Å². The van der Waals surface area contributed by atoms with Crippen LogP contribution in [0.1, 0.15) is 40.0 Å². The van der Waals surface area contributed by atoms with Gasteiger partial charge in [0, 0.05) is 0 Å². The third-order valence-corrected chi connectivity index (χ3v) is 4.88. The number of carbonyl (C=O) groups is 1. The van der Waals surface area contributed by atoms with Gasteiger partial charge in [0.25, 0.3) is 0 Å². The molecule has 0 saturated heterocycles. The number of ether oxygens (including phenoxy) is 1. The summed E-state index contributed by atoms with van der Waals surface area (Å²) in [5.74, 6) is -0.259. The topological polar surface area (TPSA) is 26.3 Å². The third-order valence-electron chi connectivity index (χ3n) is 2.65. The van der Waals surface area contributed by atoms with Crippen LogP contribution in [0.25, 0.3) is 0 Å². The zero-order valence-corrected chi connectivity index (χ0v) is 14.2. The van der Waals surface area contributed by atoms with E-state index in [2.05, 4.69) is 36.9 Å². The van der Waals surface area contributed by atoms with Gasteiger partial charge >= 0.3 is 128 Å². The van der Waals surface area contributed by atoms with E-state index in [1.54, 1.807) is 6.92 Å². The quantitative estimate of drug-likeness (QED) is 0.331. The molecular weight excluding hydrogens is 315 g/mol. The summed E-state index contributed by atoms with van der Waals surface area (Å²) in [5, 5.41) is 0. The summed E-state index contributed by atoms with van der Waals surface area (Å²) in [4.78, 5) is 11.7. The first kappa shape index (κ1) is 16.8. The molecule has 0 saturated carbocycles. The van der Waals surface area contributed by atoms with Crippen LogP contribution in [-0.4, -0.2) is 27.5 Å². The van der Waals surface area contributed by atoms with Crippen molar-refractivity contribution in [3.8, 4) is 0 Å². The molecule has 0 radical (unpaired) electrons. The van der Waals surface area contributed by atoms with Crippen molar-refractivity contribution in [1.82, 2.24) is 0 Å². The van der Waals surface area contributed by atoms with Crippen LogP contribution in [0, 0.1) is 0 Å². The Morgan fingerprint density at radius 1 is 1.25 bits per heavy atom. The molecule has 0 unspecified atom stereocenters. The van der Waals surface area contributed by atoms with E-state index in [0.717, 1.165) is 19.3 Å². The first-order chi connectivity index (χ1) is 9.67. The van der Waals surface area contributed by atoms with E-state index in [9.17, 15) is 4.79 Å². The SMILES string of the molecule is CCCCC(=C=C(C)C(=O)OCC)[Se]c1ccccc1. The third kappa shape index (κ3) is 6.25. The Morgan fingerprint density at radius 2 is 1.95 bits per heavy atom. The van der Waals surface area contributed by atoms with Gasteiger partial charge < -0.3 is 0 Å². The Hall–Kier alpha value is -1.27. The van der Waals surface area contributed by atoms with Gasteiger partial charge in [-0.15, -0.1) is 0 Å². The summed E-state index contributed by atoms with van der Waals surface area (Å²) < 4.78 is 7.56. The molecular formula is C17H22O2Se. The molecule has 0 amide bonds. The van der Waals surface area contributed by atoms with Gasteiger partial charge in [0.2, 0.25) is 0 Å². The summed E-state index contributed by atoms with van der Waals surface area (Å²) in [6, 6.07) is 10.4. The molecule has 1 aromatic rings. The van der Waals surface area contributed by atoms with Crippen molar-refractivity contribution in [2.24, 2.45) is 0 Å². The van der Waals surface area contributed by atoms with Gasteiger partial charge in [-0.1, -0.05) is 0 Å². The molecule has 0 heterocycles. The van der Waals surface area contributed by atoms with Crippen LogP contribution in [0.3, 0.4) is 0 Å². The standard InChI is InChI=1S/C17H22O2Se/c1-4-6-10-16(13-14(3)17(18)19-5-2)20-15-11-8-7-9-12-15/h7-9,11-12H,4-6,10H2,1-3H3. The van der Waals surface area contributed by atoms with E-state index in [-0.39, 0.29) is 20.9 Å². The molecule has 108 valence electrons. The second-order valence-electron chi connectivity index (χ2n) is 4.41. The molecule has 0 bridgehead atoms. The number of hydrogen-bond acceptors (Lipinski definition) is 2. The molecule has 1 rings (SSSR count). The normalized spacial score (nSPS) is 9.75. The maximum absolute atomic E-state index is 11.7. The van der Waals surface area contributed by atoms with E-state index in [1.165, 1.54) is 8.93 Å². The molecule has 0 aliphatic rings. The van der Waals surface area contributed by atoms with Crippen LogP contribution < -0.4 is 4.46 Å². The monoisotopic (exact) mass is 338 g/mol. The zero-order valence-electron chi connectivity index (χ0n) is 12.4. The van der Waals surface area contributed by atoms with Crippen LogP contribution in [0.15, 0.2) is 46.1 Å². The first-order valence-electron chi connectivity index (χ1n) is 7.03. The van der Waals surface area contributed by atoms with Crippen LogP contribution in [0.4, 0.5) is 0 Å². The average molecular weight is 337 g/mol. The number of benzene rings is 1. The van der Waals surface area contributed by atoms with Gasteiger partial charge in [-0.25, -0.2) is 0 Å². The summed E-state index contributed by atoms with van der Waals surface area (Å²) in [6.45, 7) is 6.19. The molecule has 0 aliphatic carbocycles. The molecule has 20 heavy (non-hydrogen) atoms. The Bertz CT molecular complexity index is 485. The predicted molar refractivity (Wildman–Crippen MR) is 84.2 cm³/mol. The molecule has 2 nitrogen and oxygen atoms in total. The average Bonchev–Trinajstić information content (AvgIpc) is 2.46. The van der Waals surface area contributed by atoms with E-state index in [0.29, 0.717) is 12.2 Å². The van der Waals surface area contributed by atoms with Crippen LogP contribution in [0.2, 0.25) is 0 Å². The number of hydrogen-bond donors (Lipinski definition) is 0. The van der Waals surface area contributed by atoms with E-state index in [4.69, 9.17) is 4.74 Å². The molecule has 0 spiro atoms. The number of esters is 1. The Morgan fingerprint density at radius 3 is 2.55 bits per heavy atom. The Labute approximate surface area is 128 Å². The minimum absolute atomic E-state index is 0.226. The fourth-order valence-electron chi connectivity index (χ4n) is 1.61. The maximum atomic E-state index is 11.7. The molecule has 0 aromatic heterocycles. The van der Waals surface area contributed by atoms with Gasteiger partial charge in [-0.3, -0.25) is 0 Å². The predicted octanol–water partition coefficient (Wildman–Crippen LogP) is 3.20. The van der Waals surface area contributed by atoms with E-state index in [1.807, 2.05) is 13.0 Å². The summed E-state index contributed by atoms with van der Waals surface area (Å²) >= 11 is 0.226. The Balaban J connectivity index is 2.93. The van der Waals surface area contributed by atoms with Crippen molar-refractivity contribution in [2.75, 3.05) is 6.61 Å². The van der Waals surface area contributed by atoms with Gasteiger partial charge in [0.1, 0.15) is 0 Å². The van der Waals surface area contributed by atoms with Gasteiger partial charge in [-0.2, -0.15) is 0 Å². The Kier molecular flexibility index (Phi) is 8.06.